The van der Waals surface area contributed by atoms with Gasteiger partial charge in [-0.2, -0.15) is 5.10 Å². The third-order valence-corrected chi connectivity index (χ3v) is 4.09. The number of aromatic nitrogens is 2. The zero-order valence-corrected chi connectivity index (χ0v) is 11.4. The molecule has 0 saturated heterocycles. The Morgan fingerprint density at radius 3 is 2.58 bits per heavy atom. The van der Waals surface area contributed by atoms with Crippen LogP contribution in [0.15, 0.2) is 47.6 Å². The summed E-state index contributed by atoms with van der Waals surface area (Å²) >= 11 is 0. The van der Waals surface area contributed by atoms with Crippen LogP contribution in [-0.4, -0.2) is 31.8 Å². The minimum Gasteiger partial charge on any atom is -0.383 e. The van der Waals surface area contributed by atoms with Crippen LogP contribution in [0.4, 0.5) is 5.69 Å². The lowest BCUT2D eigenvalue weighted by Gasteiger charge is -2.08. The van der Waals surface area contributed by atoms with Gasteiger partial charge in [0.1, 0.15) is 0 Å². The first-order valence-electron chi connectivity index (χ1n) is 5.87. The molecular weight excluding hydrogens is 264 g/mol. The minimum atomic E-state index is -3.36. The monoisotopic (exact) mass is 280 g/mol. The van der Waals surface area contributed by atoms with Crippen molar-refractivity contribution in [2.75, 3.05) is 18.9 Å². The van der Waals surface area contributed by atoms with Gasteiger partial charge >= 0.3 is 0 Å². The largest absolute Gasteiger partial charge is 0.383 e. The molecule has 1 aromatic carbocycles. The van der Waals surface area contributed by atoms with Crippen molar-refractivity contribution in [2.24, 2.45) is 0 Å². The Hall–Kier alpha value is -1.86. The molecule has 0 saturated carbocycles. The second kappa shape index (κ2) is 5.85. The molecule has 0 amide bonds. The topological polar surface area (TPSA) is 76.0 Å². The number of hydrogen-bond acceptors (Lipinski definition) is 4. The highest BCUT2D eigenvalue weighted by Gasteiger charge is 2.09. The molecular formula is C12H16N4O2S. The summed E-state index contributed by atoms with van der Waals surface area (Å²) in [6.45, 7) is 1.48. The smallest absolute Gasteiger partial charge is 0.240 e. The van der Waals surface area contributed by atoms with Crippen molar-refractivity contribution in [3.63, 3.8) is 0 Å². The van der Waals surface area contributed by atoms with E-state index in [1.807, 2.05) is 16.9 Å². The van der Waals surface area contributed by atoms with Gasteiger partial charge in [0.25, 0.3) is 0 Å². The van der Waals surface area contributed by atoms with Crippen LogP contribution in [-0.2, 0) is 16.6 Å². The van der Waals surface area contributed by atoms with Gasteiger partial charge in [0, 0.05) is 24.6 Å². The first-order chi connectivity index (χ1) is 9.12. The van der Waals surface area contributed by atoms with E-state index in [1.165, 1.54) is 7.05 Å². The maximum absolute atomic E-state index is 11.5. The lowest BCUT2D eigenvalue weighted by atomic mass is 10.3. The van der Waals surface area contributed by atoms with Crippen molar-refractivity contribution in [3.05, 3.63) is 42.7 Å². The molecule has 102 valence electrons. The molecule has 1 heterocycles. The fourth-order valence-corrected chi connectivity index (χ4v) is 2.35. The zero-order chi connectivity index (χ0) is 13.7. The van der Waals surface area contributed by atoms with Crippen molar-refractivity contribution in [2.45, 2.75) is 11.4 Å². The highest BCUT2D eigenvalue weighted by molar-refractivity contribution is 7.89. The zero-order valence-electron chi connectivity index (χ0n) is 10.6. The normalized spacial score (nSPS) is 11.4. The minimum absolute atomic E-state index is 0.257. The predicted molar refractivity (Wildman–Crippen MR) is 73.4 cm³/mol. The van der Waals surface area contributed by atoms with E-state index in [0.29, 0.717) is 0 Å². The van der Waals surface area contributed by atoms with E-state index in [2.05, 4.69) is 15.1 Å². The van der Waals surface area contributed by atoms with Gasteiger partial charge in [-0.25, -0.2) is 13.1 Å². The highest BCUT2D eigenvalue weighted by atomic mass is 32.2. The second-order valence-corrected chi connectivity index (χ2v) is 5.81. The van der Waals surface area contributed by atoms with Crippen LogP contribution in [0, 0.1) is 0 Å². The Kier molecular flexibility index (Phi) is 4.18. The first kappa shape index (κ1) is 13.6. The number of rotatable bonds is 6. The van der Waals surface area contributed by atoms with Crippen LogP contribution >= 0.6 is 0 Å². The summed E-state index contributed by atoms with van der Waals surface area (Å²) in [5, 5.41) is 7.30. The third-order valence-electron chi connectivity index (χ3n) is 2.66. The van der Waals surface area contributed by atoms with Gasteiger partial charge in [-0.15, -0.1) is 0 Å². The second-order valence-electron chi connectivity index (χ2n) is 3.93. The molecule has 0 atom stereocenters. The van der Waals surface area contributed by atoms with Gasteiger partial charge in [0.05, 0.1) is 11.4 Å². The average molecular weight is 280 g/mol. The van der Waals surface area contributed by atoms with Gasteiger partial charge in [0.2, 0.25) is 10.0 Å². The fourth-order valence-electron chi connectivity index (χ4n) is 1.62. The molecule has 6 nitrogen and oxygen atoms in total. The van der Waals surface area contributed by atoms with Gasteiger partial charge in [-0.3, -0.25) is 4.68 Å². The molecule has 0 fully saturated rings. The van der Waals surface area contributed by atoms with Crippen molar-refractivity contribution in [1.29, 1.82) is 0 Å². The van der Waals surface area contributed by atoms with E-state index in [1.54, 1.807) is 30.5 Å². The summed E-state index contributed by atoms with van der Waals surface area (Å²) in [5.41, 5.74) is 0.877. The first-order valence-corrected chi connectivity index (χ1v) is 7.35. The van der Waals surface area contributed by atoms with E-state index in [0.717, 1.165) is 18.8 Å². The summed E-state index contributed by atoms with van der Waals surface area (Å²) in [4.78, 5) is 0.257. The number of nitrogens with one attached hydrogen (secondary N) is 2. The summed E-state index contributed by atoms with van der Waals surface area (Å²) in [6.07, 6.45) is 3.63. The number of benzene rings is 1. The molecule has 0 unspecified atom stereocenters. The molecule has 2 aromatic rings. The molecule has 0 aliphatic heterocycles. The Labute approximate surface area is 112 Å². The molecule has 19 heavy (non-hydrogen) atoms. The van der Waals surface area contributed by atoms with Crippen LogP contribution in [0.2, 0.25) is 0 Å². The van der Waals surface area contributed by atoms with Crippen LogP contribution in [0.25, 0.3) is 0 Å². The molecule has 7 heteroatoms. The molecule has 0 radical (unpaired) electrons. The Bertz CT molecular complexity index is 606. The molecule has 2 rings (SSSR count). The van der Waals surface area contributed by atoms with Crippen molar-refractivity contribution in [1.82, 2.24) is 14.5 Å². The van der Waals surface area contributed by atoms with E-state index in [9.17, 15) is 8.42 Å². The average Bonchev–Trinajstić information content (AvgIpc) is 2.92. The highest BCUT2D eigenvalue weighted by Crippen LogP contribution is 2.13. The molecule has 1 aromatic heterocycles. The van der Waals surface area contributed by atoms with Crippen LogP contribution in [0.1, 0.15) is 0 Å². The lowest BCUT2D eigenvalue weighted by Crippen LogP contribution is -2.18. The number of hydrogen-bond donors (Lipinski definition) is 2. The SMILES string of the molecule is CNS(=O)(=O)c1ccc(NCCn2cccn2)cc1. The molecule has 2 N–H and O–H groups in total. The standard InChI is InChI=1S/C12H16N4O2S/c1-13-19(17,18)12-5-3-11(4-6-12)14-8-10-16-9-2-7-15-16/h2-7,9,13-14H,8,10H2,1H3. The molecule has 0 aliphatic carbocycles. The van der Waals surface area contributed by atoms with Crippen LogP contribution < -0.4 is 10.0 Å². The van der Waals surface area contributed by atoms with E-state index < -0.39 is 10.0 Å². The number of sulfonamides is 1. The number of nitrogens with zero attached hydrogens (tertiary/aromatic N) is 2. The maximum atomic E-state index is 11.5. The van der Waals surface area contributed by atoms with E-state index in [-0.39, 0.29) is 4.90 Å². The predicted octanol–water partition coefficient (Wildman–Crippen LogP) is 0.903. The van der Waals surface area contributed by atoms with Gasteiger partial charge in [-0.1, -0.05) is 0 Å². The summed E-state index contributed by atoms with van der Waals surface area (Å²) in [7, 11) is -1.97. The van der Waals surface area contributed by atoms with Gasteiger partial charge in [0.15, 0.2) is 0 Å². The lowest BCUT2D eigenvalue weighted by molar-refractivity contribution is 0.588. The molecule has 0 spiro atoms. The van der Waals surface area contributed by atoms with Crippen molar-refractivity contribution < 1.29 is 8.42 Å². The quantitative estimate of drug-likeness (QED) is 0.824. The van der Waals surface area contributed by atoms with Gasteiger partial charge < -0.3 is 5.32 Å². The van der Waals surface area contributed by atoms with Crippen LogP contribution in [0.5, 0.6) is 0 Å². The summed E-state index contributed by atoms with van der Waals surface area (Å²) < 4.78 is 27.2. The molecule has 0 bridgehead atoms. The third kappa shape index (κ3) is 3.55. The Balaban J connectivity index is 1.92. The molecule has 0 aliphatic rings. The number of anilines is 1. The summed E-state index contributed by atoms with van der Waals surface area (Å²) in [5.74, 6) is 0. The maximum Gasteiger partial charge on any atom is 0.240 e. The van der Waals surface area contributed by atoms with Crippen molar-refractivity contribution in [3.8, 4) is 0 Å². The van der Waals surface area contributed by atoms with E-state index in [4.69, 9.17) is 0 Å². The van der Waals surface area contributed by atoms with Gasteiger partial charge in [-0.05, 0) is 37.4 Å². The van der Waals surface area contributed by atoms with Crippen molar-refractivity contribution >= 4 is 15.7 Å². The Morgan fingerprint density at radius 2 is 2.00 bits per heavy atom. The van der Waals surface area contributed by atoms with E-state index >= 15 is 0 Å². The Morgan fingerprint density at radius 1 is 1.26 bits per heavy atom. The fraction of sp³-hybridized carbons (Fsp3) is 0.250. The summed E-state index contributed by atoms with van der Waals surface area (Å²) in [6, 6.07) is 8.50. The van der Waals surface area contributed by atoms with Crippen LogP contribution in [0.3, 0.4) is 0 Å².